The monoisotopic (exact) mass is 386 g/mol. The van der Waals surface area contributed by atoms with Crippen LogP contribution < -0.4 is 5.56 Å². The molecule has 0 N–H and O–H groups in total. The highest BCUT2D eigenvalue weighted by atomic mass is 32.1. The van der Waals surface area contributed by atoms with Crippen molar-refractivity contribution in [1.82, 2.24) is 9.55 Å². The number of nitrogens with zero attached hydrogens (tertiary/aromatic N) is 2. The number of carbonyl (C=O) groups is 2. The predicted molar refractivity (Wildman–Crippen MR) is 101 cm³/mol. The van der Waals surface area contributed by atoms with E-state index in [2.05, 4.69) is 9.72 Å². The van der Waals surface area contributed by atoms with Gasteiger partial charge in [-0.1, -0.05) is 30.3 Å². The van der Waals surface area contributed by atoms with E-state index in [0.717, 1.165) is 16.9 Å². The van der Waals surface area contributed by atoms with Crippen molar-refractivity contribution in [3.63, 3.8) is 0 Å². The fourth-order valence-corrected chi connectivity index (χ4v) is 3.71. The average Bonchev–Trinajstić information content (AvgIpc) is 3.03. The first-order chi connectivity index (χ1) is 12.9. The van der Waals surface area contributed by atoms with Gasteiger partial charge in [0, 0.05) is 0 Å². The van der Waals surface area contributed by atoms with E-state index in [1.807, 2.05) is 30.3 Å². The molecular formula is C19H18N2O5S. The molecular weight excluding hydrogens is 368 g/mol. The number of aryl methyl sites for hydroxylation is 1. The summed E-state index contributed by atoms with van der Waals surface area (Å²) in [4.78, 5) is 42.0. The highest BCUT2D eigenvalue weighted by Gasteiger charge is 2.23. The Balaban J connectivity index is 1.93. The summed E-state index contributed by atoms with van der Waals surface area (Å²) in [5.74, 6) is -1.06. The maximum atomic E-state index is 12.8. The van der Waals surface area contributed by atoms with Gasteiger partial charge in [-0.25, -0.2) is 14.6 Å². The largest absolute Gasteiger partial charge is 0.467 e. The third kappa shape index (κ3) is 3.61. The Morgan fingerprint density at radius 3 is 2.63 bits per heavy atom. The third-order valence-corrected chi connectivity index (χ3v) is 5.41. The molecule has 0 amide bonds. The molecule has 140 valence electrons. The molecule has 3 aromatic rings. The molecule has 0 radical (unpaired) electrons. The van der Waals surface area contributed by atoms with Crippen molar-refractivity contribution >= 4 is 33.5 Å². The smallest absolute Gasteiger partial charge is 0.349 e. The van der Waals surface area contributed by atoms with Gasteiger partial charge in [-0.3, -0.25) is 9.36 Å². The molecule has 1 aromatic carbocycles. The molecule has 0 saturated carbocycles. The molecule has 0 fully saturated rings. The fraction of sp³-hybridized carbons (Fsp3) is 0.263. The van der Waals surface area contributed by atoms with E-state index in [9.17, 15) is 14.4 Å². The molecule has 1 unspecified atom stereocenters. The Hall–Kier alpha value is -3.00. The molecule has 0 spiro atoms. The van der Waals surface area contributed by atoms with Crippen molar-refractivity contribution in [3.8, 4) is 0 Å². The lowest BCUT2D eigenvalue weighted by Crippen LogP contribution is -2.29. The highest BCUT2D eigenvalue weighted by Crippen LogP contribution is 2.28. The normalized spacial score (nSPS) is 12.0. The summed E-state index contributed by atoms with van der Waals surface area (Å²) < 4.78 is 11.2. The van der Waals surface area contributed by atoms with E-state index < -0.39 is 23.5 Å². The van der Waals surface area contributed by atoms with Crippen molar-refractivity contribution in [2.24, 2.45) is 0 Å². The van der Waals surface area contributed by atoms with Crippen LogP contribution in [0.4, 0.5) is 0 Å². The Bertz CT molecular complexity index is 1060. The van der Waals surface area contributed by atoms with Gasteiger partial charge in [0.05, 0.1) is 18.8 Å². The third-order valence-electron chi connectivity index (χ3n) is 4.23. The van der Waals surface area contributed by atoms with Crippen LogP contribution in [-0.2, 0) is 20.9 Å². The predicted octanol–water partition coefficient (Wildman–Crippen LogP) is 2.86. The molecule has 7 nitrogen and oxygen atoms in total. The summed E-state index contributed by atoms with van der Waals surface area (Å²) in [6, 6.07) is 8.52. The number of benzene rings is 1. The van der Waals surface area contributed by atoms with Crippen molar-refractivity contribution in [2.75, 3.05) is 7.11 Å². The minimum Gasteiger partial charge on any atom is -0.467 e. The van der Waals surface area contributed by atoms with E-state index in [1.54, 1.807) is 13.8 Å². The number of hydrogen-bond donors (Lipinski definition) is 0. The van der Waals surface area contributed by atoms with Crippen LogP contribution in [0.3, 0.4) is 0 Å². The Morgan fingerprint density at radius 2 is 1.96 bits per heavy atom. The maximum Gasteiger partial charge on any atom is 0.349 e. The quantitative estimate of drug-likeness (QED) is 0.627. The number of rotatable bonds is 5. The lowest BCUT2D eigenvalue weighted by molar-refractivity contribution is -0.144. The van der Waals surface area contributed by atoms with Gasteiger partial charge in [0.25, 0.3) is 5.56 Å². The molecule has 2 heterocycles. The molecule has 0 saturated heterocycles. The van der Waals surface area contributed by atoms with Gasteiger partial charge in [0.2, 0.25) is 0 Å². The Morgan fingerprint density at radius 1 is 1.26 bits per heavy atom. The number of thiophene rings is 1. The maximum absolute atomic E-state index is 12.8. The van der Waals surface area contributed by atoms with Crippen LogP contribution in [-0.4, -0.2) is 28.6 Å². The number of aromatic nitrogens is 2. The average molecular weight is 386 g/mol. The van der Waals surface area contributed by atoms with E-state index in [-0.39, 0.29) is 6.61 Å². The topological polar surface area (TPSA) is 87.5 Å². The van der Waals surface area contributed by atoms with E-state index in [4.69, 9.17) is 4.74 Å². The zero-order chi connectivity index (χ0) is 19.6. The first-order valence-electron chi connectivity index (χ1n) is 8.23. The molecule has 1 atom stereocenters. The summed E-state index contributed by atoms with van der Waals surface area (Å²) >= 11 is 1.10. The van der Waals surface area contributed by atoms with Gasteiger partial charge in [0.1, 0.15) is 22.4 Å². The number of ether oxygens (including phenoxy) is 2. The van der Waals surface area contributed by atoms with Gasteiger partial charge in [-0.05, 0) is 25.0 Å². The molecule has 0 bridgehead atoms. The van der Waals surface area contributed by atoms with Crippen LogP contribution in [0, 0.1) is 6.92 Å². The number of esters is 2. The summed E-state index contributed by atoms with van der Waals surface area (Å²) in [5.41, 5.74) is 0.975. The van der Waals surface area contributed by atoms with Gasteiger partial charge in [0.15, 0.2) is 0 Å². The van der Waals surface area contributed by atoms with Crippen molar-refractivity contribution in [3.05, 3.63) is 63.0 Å². The molecule has 2 aromatic heterocycles. The van der Waals surface area contributed by atoms with Crippen molar-refractivity contribution in [2.45, 2.75) is 26.5 Å². The number of methoxy groups -OCH3 is 1. The first-order valence-corrected chi connectivity index (χ1v) is 9.04. The summed E-state index contributed by atoms with van der Waals surface area (Å²) in [7, 11) is 1.26. The molecule has 0 aliphatic carbocycles. The van der Waals surface area contributed by atoms with E-state index in [1.165, 1.54) is 18.0 Å². The minimum atomic E-state index is -0.813. The van der Waals surface area contributed by atoms with Gasteiger partial charge in [-0.15, -0.1) is 11.3 Å². The van der Waals surface area contributed by atoms with Gasteiger partial charge in [-0.2, -0.15) is 0 Å². The van der Waals surface area contributed by atoms with Crippen LogP contribution in [0.2, 0.25) is 0 Å². The number of carbonyl (C=O) groups excluding carboxylic acids is 2. The van der Waals surface area contributed by atoms with Crippen LogP contribution in [0.1, 0.15) is 33.8 Å². The summed E-state index contributed by atoms with van der Waals surface area (Å²) in [6.07, 6.45) is 1.29. The van der Waals surface area contributed by atoms with Crippen LogP contribution in [0.25, 0.3) is 10.2 Å². The van der Waals surface area contributed by atoms with Gasteiger partial charge >= 0.3 is 11.9 Å². The lowest BCUT2D eigenvalue weighted by Gasteiger charge is -2.11. The van der Waals surface area contributed by atoms with Crippen LogP contribution in [0.5, 0.6) is 0 Å². The molecule has 8 heteroatoms. The SMILES string of the molecule is COC(=O)C(C)n1cnc2sc(C(=O)OCc3ccccc3)c(C)c2c1=O. The van der Waals surface area contributed by atoms with Crippen molar-refractivity contribution in [1.29, 1.82) is 0 Å². The van der Waals surface area contributed by atoms with Crippen LogP contribution in [0.15, 0.2) is 41.5 Å². The molecule has 0 aliphatic heterocycles. The molecule has 27 heavy (non-hydrogen) atoms. The van der Waals surface area contributed by atoms with Gasteiger partial charge < -0.3 is 9.47 Å². The molecule has 3 rings (SSSR count). The van der Waals surface area contributed by atoms with Crippen molar-refractivity contribution < 1.29 is 19.1 Å². The summed E-state index contributed by atoms with van der Waals surface area (Å²) in [5, 5.41) is 0.310. The summed E-state index contributed by atoms with van der Waals surface area (Å²) in [6.45, 7) is 3.37. The number of hydrogen-bond acceptors (Lipinski definition) is 7. The van der Waals surface area contributed by atoms with E-state index >= 15 is 0 Å². The van der Waals surface area contributed by atoms with E-state index in [0.29, 0.717) is 20.7 Å². The second-order valence-corrected chi connectivity index (χ2v) is 6.95. The first kappa shape index (κ1) is 18.8. The number of fused-ring (bicyclic) bond motifs is 1. The Kier molecular flexibility index (Phi) is 5.36. The fourth-order valence-electron chi connectivity index (χ4n) is 2.68. The second kappa shape index (κ2) is 7.71. The molecule has 0 aliphatic rings. The zero-order valence-electron chi connectivity index (χ0n) is 15.1. The minimum absolute atomic E-state index is 0.143. The van der Waals surface area contributed by atoms with Crippen LogP contribution >= 0.6 is 11.3 Å². The lowest BCUT2D eigenvalue weighted by atomic mass is 10.2. The zero-order valence-corrected chi connectivity index (χ0v) is 15.9. The standard InChI is InChI=1S/C19H18N2O5S/c1-11-14-16(20-10-21(17(14)22)12(2)18(23)25-3)27-15(11)19(24)26-9-13-7-5-4-6-8-13/h4-8,10,12H,9H2,1-3H3. The highest BCUT2D eigenvalue weighted by molar-refractivity contribution is 7.20. The Labute approximate surface area is 159 Å². The second-order valence-electron chi connectivity index (χ2n) is 5.95.